The normalized spacial score (nSPS) is 17.5. The van der Waals surface area contributed by atoms with Gasteiger partial charge in [0.1, 0.15) is 0 Å². The van der Waals surface area contributed by atoms with Gasteiger partial charge in [0.2, 0.25) is 5.91 Å². The van der Waals surface area contributed by atoms with Gasteiger partial charge in [0.25, 0.3) is 0 Å². The van der Waals surface area contributed by atoms with Crippen LogP contribution in [0.25, 0.3) is 0 Å². The van der Waals surface area contributed by atoms with Crippen LogP contribution in [-0.4, -0.2) is 42.8 Å². The molecule has 1 aliphatic rings. The van der Waals surface area contributed by atoms with Crippen LogP contribution in [0, 0.1) is 0 Å². The van der Waals surface area contributed by atoms with Crippen molar-refractivity contribution in [1.82, 2.24) is 4.90 Å². The topological polar surface area (TPSA) is 68.3 Å². The molecule has 0 spiro atoms. The number of carbonyl (C=O) groups is 2. The predicted octanol–water partition coefficient (Wildman–Crippen LogP) is 7.53. The van der Waals surface area contributed by atoms with Gasteiger partial charge in [-0.15, -0.1) is 0 Å². The Kier molecular flexibility index (Phi) is 9.83. The standard InChI is InChI=1S/C27H27F9N2O5/c1-14(2)42-24(40)43-38-20(13-41-4)11-23(21-10-17(25(28,29)30)5-6-22(21)38)37(15(3)39)12-16-7-18(26(31,32)33)9-19(8-16)27(34,35)36/h5-10,14,20,23H,11-13H2,1-4H3/t20-,23-/m0/s1. The third kappa shape index (κ3) is 8.24. The molecule has 0 N–H and O–H groups in total. The Morgan fingerprint density at radius 1 is 0.907 bits per heavy atom. The lowest BCUT2D eigenvalue weighted by Gasteiger charge is -2.43. The number of fused-ring (bicyclic) bond motifs is 1. The quantitative estimate of drug-likeness (QED) is 0.233. The highest BCUT2D eigenvalue weighted by molar-refractivity contribution is 5.75. The van der Waals surface area contributed by atoms with Crippen LogP contribution in [0.4, 0.5) is 50.0 Å². The minimum absolute atomic E-state index is 0.0762. The zero-order chi connectivity index (χ0) is 32.5. The number of halogens is 9. The Hall–Kier alpha value is -3.69. The predicted molar refractivity (Wildman–Crippen MR) is 132 cm³/mol. The third-order valence-corrected chi connectivity index (χ3v) is 6.42. The number of hydroxylamine groups is 1. The van der Waals surface area contributed by atoms with Crippen molar-refractivity contribution < 1.29 is 63.4 Å². The molecule has 0 bridgehead atoms. The first kappa shape index (κ1) is 33.8. The van der Waals surface area contributed by atoms with E-state index in [0.29, 0.717) is 24.3 Å². The van der Waals surface area contributed by atoms with Gasteiger partial charge in [-0.3, -0.25) is 4.79 Å². The fraction of sp³-hybridized carbons (Fsp3) is 0.481. The smallest absolute Gasteiger partial charge is 0.430 e. The minimum Gasteiger partial charge on any atom is -0.430 e. The number of hydrogen-bond donors (Lipinski definition) is 0. The number of carbonyl (C=O) groups excluding carboxylic acids is 2. The van der Waals surface area contributed by atoms with E-state index in [1.165, 1.54) is 21.0 Å². The van der Waals surface area contributed by atoms with Gasteiger partial charge in [-0.05, 0) is 62.2 Å². The zero-order valence-electron chi connectivity index (χ0n) is 23.2. The van der Waals surface area contributed by atoms with E-state index in [0.717, 1.165) is 23.0 Å². The summed E-state index contributed by atoms with van der Waals surface area (Å²) >= 11 is 0. The number of rotatable bonds is 7. The summed E-state index contributed by atoms with van der Waals surface area (Å²) in [5, 5.41) is 0.949. The Labute approximate surface area is 240 Å². The molecule has 7 nitrogen and oxygen atoms in total. The highest BCUT2D eigenvalue weighted by atomic mass is 19.4. The van der Waals surface area contributed by atoms with Crippen molar-refractivity contribution in [3.05, 3.63) is 64.2 Å². The zero-order valence-corrected chi connectivity index (χ0v) is 23.2. The maximum Gasteiger partial charge on any atom is 0.533 e. The second kappa shape index (κ2) is 12.5. The summed E-state index contributed by atoms with van der Waals surface area (Å²) < 4.78 is 132. The van der Waals surface area contributed by atoms with Gasteiger partial charge in [-0.2, -0.15) is 44.6 Å². The summed E-state index contributed by atoms with van der Waals surface area (Å²) in [6.45, 7) is 2.98. The molecule has 43 heavy (non-hydrogen) atoms. The molecule has 3 rings (SSSR count). The van der Waals surface area contributed by atoms with Crippen molar-refractivity contribution in [3.8, 4) is 0 Å². The average Bonchev–Trinajstić information content (AvgIpc) is 2.86. The summed E-state index contributed by atoms with van der Waals surface area (Å²) in [5.41, 5.74) is -5.31. The first-order valence-electron chi connectivity index (χ1n) is 12.7. The second-order valence-corrected chi connectivity index (χ2v) is 10.0. The van der Waals surface area contributed by atoms with Crippen LogP contribution in [0.2, 0.25) is 0 Å². The number of amides is 1. The summed E-state index contributed by atoms with van der Waals surface area (Å²) in [7, 11) is 1.27. The average molecular weight is 631 g/mol. The Bertz CT molecular complexity index is 1290. The van der Waals surface area contributed by atoms with Gasteiger partial charge in [0.15, 0.2) is 0 Å². The van der Waals surface area contributed by atoms with Gasteiger partial charge in [-0.25, -0.2) is 4.79 Å². The van der Waals surface area contributed by atoms with Gasteiger partial charge in [0.05, 0.1) is 47.2 Å². The number of hydrogen-bond acceptors (Lipinski definition) is 6. The van der Waals surface area contributed by atoms with Crippen molar-refractivity contribution >= 4 is 17.7 Å². The van der Waals surface area contributed by atoms with Gasteiger partial charge in [0, 0.05) is 26.1 Å². The lowest BCUT2D eigenvalue weighted by Crippen LogP contribution is -2.48. The highest BCUT2D eigenvalue weighted by Crippen LogP contribution is 2.45. The molecule has 2 aromatic carbocycles. The molecule has 2 atom stereocenters. The number of alkyl halides is 9. The van der Waals surface area contributed by atoms with E-state index in [-0.39, 0.29) is 30.3 Å². The van der Waals surface area contributed by atoms with Crippen LogP contribution in [0.15, 0.2) is 36.4 Å². The first-order valence-corrected chi connectivity index (χ1v) is 12.7. The fourth-order valence-electron chi connectivity index (χ4n) is 4.67. The number of anilines is 1. The van der Waals surface area contributed by atoms with Crippen molar-refractivity contribution in [2.24, 2.45) is 0 Å². The van der Waals surface area contributed by atoms with Crippen LogP contribution < -0.4 is 5.06 Å². The molecule has 0 saturated carbocycles. The van der Waals surface area contributed by atoms with Crippen LogP contribution in [0.5, 0.6) is 0 Å². The highest BCUT2D eigenvalue weighted by Gasteiger charge is 2.42. The number of nitrogens with zero attached hydrogens (tertiary/aromatic N) is 2. The minimum atomic E-state index is -5.16. The Balaban J connectivity index is 2.18. The summed E-state index contributed by atoms with van der Waals surface area (Å²) in [5.74, 6) is -0.857. The van der Waals surface area contributed by atoms with Crippen LogP contribution in [-0.2, 0) is 44.2 Å². The van der Waals surface area contributed by atoms with E-state index in [9.17, 15) is 49.1 Å². The molecule has 238 valence electrons. The number of benzene rings is 2. The van der Waals surface area contributed by atoms with Crippen LogP contribution >= 0.6 is 0 Å². The Morgan fingerprint density at radius 3 is 1.93 bits per heavy atom. The van der Waals surface area contributed by atoms with Crippen molar-refractivity contribution in [1.29, 1.82) is 0 Å². The lowest BCUT2D eigenvalue weighted by atomic mass is 9.89. The van der Waals surface area contributed by atoms with E-state index in [1.807, 2.05) is 0 Å². The third-order valence-electron chi connectivity index (χ3n) is 6.42. The Morgan fingerprint density at radius 2 is 1.47 bits per heavy atom. The molecule has 0 fully saturated rings. The van der Waals surface area contributed by atoms with E-state index in [2.05, 4.69) is 0 Å². The molecule has 0 aromatic heterocycles. The molecule has 16 heteroatoms. The molecular formula is C27H27F9N2O5. The number of methoxy groups -OCH3 is 1. The van der Waals surface area contributed by atoms with Gasteiger partial charge in [-0.1, -0.05) is 0 Å². The molecule has 1 heterocycles. The summed E-state index contributed by atoms with van der Waals surface area (Å²) in [4.78, 5) is 31.4. The van der Waals surface area contributed by atoms with E-state index >= 15 is 0 Å². The van der Waals surface area contributed by atoms with Crippen molar-refractivity contribution in [3.63, 3.8) is 0 Å². The number of ether oxygens (including phenoxy) is 2. The van der Waals surface area contributed by atoms with Crippen LogP contribution in [0.3, 0.4) is 0 Å². The SMILES string of the molecule is COC[C@@H]1C[C@H](N(Cc2cc(C(F)(F)F)cc(C(F)(F)F)c2)C(C)=O)c2cc(C(F)(F)F)ccc2N1OC(=O)OC(C)C. The maximum absolute atomic E-state index is 13.7. The fourth-order valence-corrected chi connectivity index (χ4v) is 4.67. The lowest BCUT2D eigenvalue weighted by molar-refractivity contribution is -0.143. The van der Waals surface area contributed by atoms with E-state index < -0.39 is 77.6 Å². The van der Waals surface area contributed by atoms with Gasteiger partial charge < -0.3 is 19.2 Å². The molecule has 2 aromatic rings. The van der Waals surface area contributed by atoms with E-state index in [4.69, 9.17) is 14.3 Å². The first-order chi connectivity index (χ1) is 19.7. The summed E-state index contributed by atoms with van der Waals surface area (Å²) in [6.07, 6.45) is -17.3. The second-order valence-electron chi connectivity index (χ2n) is 10.0. The monoisotopic (exact) mass is 630 g/mol. The largest absolute Gasteiger partial charge is 0.533 e. The van der Waals surface area contributed by atoms with E-state index in [1.54, 1.807) is 0 Å². The van der Waals surface area contributed by atoms with Crippen molar-refractivity contribution in [2.45, 2.75) is 70.5 Å². The maximum atomic E-state index is 13.7. The van der Waals surface area contributed by atoms with Crippen LogP contribution in [0.1, 0.15) is 61.1 Å². The molecule has 0 saturated heterocycles. The molecule has 0 unspecified atom stereocenters. The summed E-state index contributed by atoms with van der Waals surface area (Å²) in [6, 6.07) is 0.850. The van der Waals surface area contributed by atoms with Crippen molar-refractivity contribution in [2.75, 3.05) is 18.8 Å². The molecule has 1 aliphatic heterocycles. The molecular weight excluding hydrogens is 603 g/mol. The van der Waals surface area contributed by atoms with Gasteiger partial charge >= 0.3 is 24.7 Å². The molecule has 1 amide bonds. The molecule has 0 aliphatic carbocycles. The molecule has 0 radical (unpaired) electrons.